The fourth-order valence-electron chi connectivity index (χ4n) is 5.80. The summed E-state index contributed by atoms with van der Waals surface area (Å²) in [5, 5.41) is 28.0. The molecule has 0 radical (unpaired) electrons. The third-order valence-electron chi connectivity index (χ3n) is 7.77. The zero-order chi connectivity index (χ0) is 31.1. The van der Waals surface area contributed by atoms with E-state index in [1.807, 2.05) is 38.1 Å². The van der Waals surface area contributed by atoms with Crippen molar-refractivity contribution in [2.24, 2.45) is 0 Å². The first-order valence-corrected chi connectivity index (χ1v) is 14.9. The van der Waals surface area contributed by atoms with Gasteiger partial charge >= 0.3 is 0 Å². The fraction of sp³-hybridized carbons (Fsp3) is 0.412. The summed E-state index contributed by atoms with van der Waals surface area (Å²) in [6.07, 6.45) is 0.190. The predicted molar refractivity (Wildman–Crippen MR) is 162 cm³/mol. The lowest BCUT2D eigenvalue weighted by molar-refractivity contribution is 0.0755. The Morgan fingerprint density at radius 2 is 1.63 bits per heavy atom. The van der Waals surface area contributed by atoms with E-state index in [2.05, 4.69) is 10.6 Å². The first-order chi connectivity index (χ1) is 20.6. The summed E-state index contributed by atoms with van der Waals surface area (Å²) in [5.74, 6) is -2.21. The molecule has 1 aliphatic rings. The molecule has 3 aromatic carbocycles. The molecule has 9 heteroatoms. The van der Waals surface area contributed by atoms with Crippen LogP contribution in [0.2, 0.25) is 0 Å². The van der Waals surface area contributed by atoms with Crippen molar-refractivity contribution in [1.29, 1.82) is 0 Å². The lowest BCUT2D eigenvalue weighted by Gasteiger charge is -2.27. The van der Waals surface area contributed by atoms with Crippen LogP contribution in [0.4, 0.5) is 8.78 Å². The largest absolute Gasteiger partial charge is 0.391 e. The van der Waals surface area contributed by atoms with Crippen LogP contribution in [0.5, 0.6) is 0 Å². The Labute approximate surface area is 251 Å². The molecule has 0 saturated heterocycles. The summed E-state index contributed by atoms with van der Waals surface area (Å²) in [6.45, 7) is 7.01. The number of carbonyl (C=O) groups is 2. The SMILES string of the molecule is CCCN(CCC)C(=O)c1cc(C)cc(C(=O)N[C@@H](Cc2cc(F)cc(F)c2)[C@H](O)CN[C@@H]2c3ccccc3C[C@@H]2O)c1. The van der Waals surface area contributed by atoms with Gasteiger partial charge in [-0.1, -0.05) is 38.1 Å². The Morgan fingerprint density at radius 1 is 0.977 bits per heavy atom. The van der Waals surface area contributed by atoms with Crippen molar-refractivity contribution in [2.45, 2.75) is 70.7 Å². The number of hydrogen-bond acceptors (Lipinski definition) is 5. The third kappa shape index (κ3) is 8.25. The number of nitrogens with zero attached hydrogens (tertiary/aromatic N) is 1. The van der Waals surface area contributed by atoms with Gasteiger partial charge in [-0.15, -0.1) is 0 Å². The highest BCUT2D eigenvalue weighted by Gasteiger charge is 2.32. The number of fused-ring (bicyclic) bond motifs is 1. The van der Waals surface area contributed by atoms with Crippen molar-refractivity contribution in [3.05, 3.63) is 106 Å². The second kappa shape index (κ2) is 14.7. The van der Waals surface area contributed by atoms with Crippen molar-refractivity contribution < 1.29 is 28.6 Å². The first-order valence-electron chi connectivity index (χ1n) is 14.9. The molecule has 0 aliphatic heterocycles. The number of carbonyl (C=O) groups excluding carboxylic acids is 2. The number of rotatable bonds is 13. The molecule has 4 atom stereocenters. The minimum Gasteiger partial charge on any atom is -0.391 e. The van der Waals surface area contributed by atoms with Crippen molar-refractivity contribution in [3.63, 3.8) is 0 Å². The lowest BCUT2D eigenvalue weighted by Crippen LogP contribution is -2.49. The monoisotopic (exact) mass is 593 g/mol. The molecule has 0 aromatic heterocycles. The Hall–Kier alpha value is -3.66. The van der Waals surface area contributed by atoms with E-state index >= 15 is 0 Å². The van der Waals surface area contributed by atoms with Gasteiger partial charge in [-0.2, -0.15) is 0 Å². The van der Waals surface area contributed by atoms with Crippen LogP contribution in [0.15, 0.2) is 60.7 Å². The van der Waals surface area contributed by atoms with Crippen molar-refractivity contribution in [3.8, 4) is 0 Å². The first kappa shape index (κ1) is 32.3. The van der Waals surface area contributed by atoms with Gasteiger partial charge in [0, 0.05) is 43.2 Å². The number of nitrogens with one attached hydrogen (secondary N) is 2. The smallest absolute Gasteiger partial charge is 0.253 e. The van der Waals surface area contributed by atoms with Gasteiger partial charge in [0.25, 0.3) is 11.8 Å². The van der Waals surface area contributed by atoms with Gasteiger partial charge < -0.3 is 25.7 Å². The molecule has 0 unspecified atom stereocenters. The van der Waals surface area contributed by atoms with E-state index in [1.165, 1.54) is 12.1 Å². The molecular weight excluding hydrogens is 552 g/mol. The van der Waals surface area contributed by atoms with E-state index in [0.29, 0.717) is 25.1 Å². The minimum absolute atomic E-state index is 0.000641. The quantitative estimate of drug-likeness (QED) is 0.234. The zero-order valence-corrected chi connectivity index (χ0v) is 24.9. The molecule has 1 aliphatic carbocycles. The van der Waals surface area contributed by atoms with E-state index < -0.39 is 41.8 Å². The predicted octanol–water partition coefficient (Wildman–Crippen LogP) is 4.49. The highest BCUT2D eigenvalue weighted by molar-refractivity contribution is 6.00. The van der Waals surface area contributed by atoms with Gasteiger partial charge in [0.15, 0.2) is 0 Å². The Kier molecular flexibility index (Phi) is 11.0. The number of halogens is 2. The van der Waals surface area contributed by atoms with Crippen molar-refractivity contribution in [2.75, 3.05) is 19.6 Å². The Bertz CT molecular complexity index is 1410. The summed E-state index contributed by atoms with van der Waals surface area (Å²) >= 11 is 0. The number of aliphatic hydroxyl groups excluding tert-OH is 2. The van der Waals surface area contributed by atoms with Gasteiger partial charge in [0.1, 0.15) is 11.6 Å². The molecule has 7 nitrogen and oxygen atoms in total. The topological polar surface area (TPSA) is 102 Å². The van der Waals surface area contributed by atoms with Crippen LogP contribution in [0.25, 0.3) is 0 Å². The second-order valence-corrected chi connectivity index (χ2v) is 11.4. The summed E-state index contributed by atoms with van der Waals surface area (Å²) in [4.78, 5) is 28.6. The molecule has 230 valence electrons. The van der Waals surface area contributed by atoms with Gasteiger partial charge in [-0.25, -0.2) is 8.78 Å². The number of aliphatic hydroxyl groups is 2. The van der Waals surface area contributed by atoms with E-state index in [0.717, 1.165) is 35.6 Å². The number of aryl methyl sites for hydroxylation is 1. The lowest BCUT2D eigenvalue weighted by atomic mass is 9.98. The number of benzene rings is 3. The van der Waals surface area contributed by atoms with E-state index in [1.54, 1.807) is 30.0 Å². The number of amides is 2. The van der Waals surface area contributed by atoms with E-state index in [-0.39, 0.29) is 30.0 Å². The molecule has 3 aromatic rings. The maximum Gasteiger partial charge on any atom is 0.253 e. The molecule has 43 heavy (non-hydrogen) atoms. The molecule has 4 N–H and O–H groups in total. The maximum absolute atomic E-state index is 14.0. The van der Waals surface area contributed by atoms with Crippen LogP contribution in [0.3, 0.4) is 0 Å². The molecule has 4 rings (SSSR count). The zero-order valence-electron chi connectivity index (χ0n) is 24.9. The minimum atomic E-state index is -1.18. The number of hydrogen-bond donors (Lipinski definition) is 4. The average molecular weight is 594 g/mol. The van der Waals surface area contributed by atoms with E-state index in [9.17, 15) is 28.6 Å². The summed E-state index contributed by atoms with van der Waals surface area (Å²) in [6, 6.07) is 14.3. The van der Waals surface area contributed by atoms with E-state index in [4.69, 9.17) is 0 Å². The third-order valence-corrected chi connectivity index (χ3v) is 7.77. The molecular formula is C34H41F2N3O4. The standard InChI is InChI=1S/C34H41F2N3O4/c1-4-10-39(11-5-2)34(43)25-13-21(3)12-24(17-25)33(42)38-29(16-22-14-26(35)19-27(36)15-22)31(41)20-37-32-28-9-7-6-8-23(28)18-30(32)40/h6-9,12-15,17,19,29-32,37,40-41H,4-5,10-11,16,18,20H2,1-3H3,(H,38,42)/t29-,30-,31+,32+/m0/s1. The molecule has 2 amide bonds. The molecule has 0 spiro atoms. The van der Waals surface area contributed by atoms with Crippen LogP contribution < -0.4 is 10.6 Å². The fourth-order valence-corrected chi connectivity index (χ4v) is 5.80. The normalized spacial score (nSPS) is 17.3. The van der Waals surface area contributed by atoms with Crippen molar-refractivity contribution in [1.82, 2.24) is 15.5 Å². The summed E-state index contributed by atoms with van der Waals surface area (Å²) < 4.78 is 28.0. The highest BCUT2D eigenvalue weighted by Crippen LogP contribution is 2.31. The van der Waals surface area contributed by atoms with Gasteiger partial charge in [-0.05, 0) is 78.8 Å². The summed E-state index contributed by atoms with van der Waals surface area (Å²) in [7, 11) is 0. The van der Waals surface area contributed by atoms with Crippen LogP contribution >= 0.6 is 0 Å². The summed E-state index contributed by atoms with van der Waals surface area (Å²) in [5.41, 5.74) is 3.58. The van der Waals surface area contributed by atoms with Crippen LogP contribution in [-0.2, 0) is 12.8 Å². The molecule has 0 saturated carbocycles. The molecule has 0 heterocycles. The second-order valence-electron chi connectivity index (χ2n) is 11.4. The highest BCUT2D eigenvalue weighted by atomic mass is 19.1. The maximum atomic E-state index is 14.0. The van der Waals surface area contributed by atoms with Crippen molar-refractivity contribution >= 4 is 11.8 Å². The van der Waals surface area contributed by atoms with Crippen LogP contribution in [0, 0.1) is 18.6 Å². The Morgan fingerprint density at radius 3 is 2.30 bits per heavy atom. The molecule has 0 bridgehead atoms. The average Bonchev–Trinajstić information content (AvgIpc) is 3.28. The van der Waals surface area contributed by atoms with Crippen LogP contribution in [-0.4, -0.2) is 64.8 Å². The van der Waals surface area contributed by atoms with Gasteiger partial charge in [-0.3, -0.25) is 9.59 Å². The Balaban J connectivity index is 1.55. The van der Waals surface area contributed by atoms with Gasteiger partial charge in [0.2, 0.25) is 0 Å². The van der Waals surface area contributed by atoms with Gasteiger partial charge in [0.05, 0.1) is 24.3 Å². The van der Waals surface area contributed by atoms with Crippen LogP contribution in [0.1, 0.15) is 75.7 Å². The molecule has 0 fully saturated rings.